The average molecular weight is 435 g/mol. The minimum atomic E-state index is -3.79. The molecule has 158 valence electrons. The molecule has 0 unspecified atom stereocenters. The number of pyridine rings is 1. The number of para-hydroxylation sites is 1. The van der Waals surface area contributed by atoms with Gasteiger partial charge in [0.25, 0.3) is 10.0 Å². The number of nitrogens with zero attached hydrogens (tertiary/aromatic N) is 3. The van der Waals surface area contributed by atoms with E-state index in [4.69, 9.17) is 0 Å². The zero-order valence-corrected chi connectivity index (χ0v) is 17.9. The highest BCUT2D eigenvalue weighted by molar-refractivity contribution is 7.93. The smallest absolute Gasteiger partial charge is 0.264 e. The lowest BCUT2D eigenvalue weighted by molar-refractivity contribution is 0.602. The molecule has 0 aliphatic heterocycles. The van der Waals surface area contributed by atoms with Crippen molar-refractivity contribution in [2.24, 2.45) is 0 Å². The van der Waals surface area contributed by atoms with Gasteiger partial charge in [-0.1, -0.05) is 18.2 Å². The molecule has 0 amide bonds. The Bertz CT molecular complexity index is 1320. The number of anilines is 4. The van der Waals surface area contributed by atoms with Crippen molar-refractivity contribution in [3.63, 3.8) is 0 Å². The first-order chi connectivity index (χ1) is 14.9. The molecule has 0 aliphatic rings. The molecule has 0 saturated carbocycles. The highest BCUT2D eigenvalue weighted by Gasteiger charge is 2.18. The molecule has 3 N–H and O–H groups in total. The fourth-order valence-electron chi connectivity index (χ4n) is 3.14. The normalized spacial score (nSPS) is 11.3. The van der Waals surface area contributed by atoms with Gasteiger partial charge >= 0.3 is 0 Å². The van der Waals surface area contributed by atoms with E-state index in [0.29, 0.717) is 23.0 Å². The van der Waals surface area contributed by atoms with Gasteiger partial charge in [0.1, 0.15) is 10.7 Å². The van der Waals surface area contributed by atoms with E-state index < -0.39 is 10.0 Å². The predicted octanol–water partition coefficient (Wildman–Crippen LogP) is 4.31. The number of sulfonamides is 1. The lowest BCUT2D eigenvalue weighted by Gasteiger charge is -2.12. The molecule has 0 spiro atoms. The van der Waals surface area contributed by atoms with E-state index in [0.717, 1.165) is 23.3 Å². The van der Waals surface area contributed by atoms with Crippen LogP contribution >= 0.6 is 0 Å². The zero-order valence-electron chi connectivity index (χ0n) is 17.1. The molecule has 0 bridgehead atoms. The van der Waals surface area contributed by atoms with E-state index in [1.807, 2.05) is 32.0 Å². The molecule has 0 aliphatic carbocycles. The number of nitrogens with one attached hydrogen (secondary N) is 3. The third kappa shape index (κ3) is 4.72. The van der Waals surface area contributed by atoms with Crippen molar-refractivity contribution in [3.05, 3.63) is 72.6 Å². The van der Waals surface area contributed by atoms with Gasteiger partial charge in [0.2, 0.25) is 5.95 Å². The van der Waals surface area contributed by atoms with Gasteiger partial charge in [-0.05, 0) is 50.2 Å². The number of aryl methyl sites for hydroxylation is 1. The van der Waals surface area contributed by atoms with Crippen molar-refractivity contribution < 1.29 is 8.42 Å². The summed E-state index contributed by atoms with van der Waals surface area (Å²) in [5.74, 6) is 1.21. The molecular formula is C22H22N6O2S. The van der Waals surface area contributed by atoms with Crippen molar-refractivity contribution in [1.82, 2.24) is 15.0 Å². The average Bonchev–Trinajstić information content (AvgIpc) is 2.74. The van der Waals surface area contributed by atoms with Gasteiger partial charge in [0.15, 0.2) is 0 Å². The monoisotopic (exact) mass is 434 g/mol. The van der Waals surface area contributed by atoms with Gasteiger partial charge in [-0.3, -0.25) is 9.71 Å². The van der Waals surface area contributed by atoms with Crippen LogP contribution in [0.2, 0.25) is 0 Å². The lowest BCUT2D eigenvalue weighted by atomic mass is 10.2. The van der Waals surface area contributed by atoms with E-state index >= 15 is 0 Å². The van der Waals surface area contributed by atoms with Crippen LogP contribution in [0.3, 0.4) is 0 Å². The summed E-state index contributed by atoms with van der Waals surface area (Å²) >= 11 is 0. The van der Waals surface area contributed by atoms with Crippen molar-refractivity contribution in [2.75, 3.05) is 21.9 Å². The van der Waals surface area contributed by atoms with Crippen molar-refractivity contribution >= 4 is 44.1 Å². The van der Waals surface area contributed by atoms with E-state index in [1.54, 1.807) is 48.7 Å². The largest absolute Gasteiger partial charge is 0.354 e. The van der Waals surface area contributed by atoms with Crippen LogP contribution in [0.1, 0.15) is 12.6 Å². The number of hydrogen-bond acceptors (Lipinski definition) is 7. The molecule has 0 saturated heterocycles. The summed E-state index contributed by atoms with van der Waals surface area (Å²) in [7, 11) is -3.79. The first-order valence-electron chi connectivity index (χ1n) is 9.78. The Morgan fingerprint density at radius 3 is 2.45 bits per heavy atom. The van der Waals surface area contributed by atoms with Gasteiger partial charge in [-0.15, -0.1) is 0 Å². The molecule has 2 heterocycles. The quantitative estimate of drug-likeness (QED) is 0.398. The summed E-state index contributed by atoms with van der Waals surface area (Å²) in [5, 5.41) is 7.07. The third-order valence-electron chi connectivity index (χ3n) is 4.48. The Labute approximate surface area is 180 Å². The minimum Gasteiger partial charge on any atom is -0.354 e. The Morgan fingerprint density at radius 2 is 1.68 bits per heavy atom. The summed E-state index contributed by atoms with van der Waals surface area (Å²) in [4.78, 5) is 13.1. The summed E-state index contributed by atoms with van der Waals surface area (Å²) < 4.78 is 28.5. The molecule has 0 atom stereocenters. The van der Waals surface area contributed by atoms with Crippen LogP contribution < -0.4 is 15.4 Å². The maximum Gasteiger partial charge on any atom is 0.264 e. The van der Waals surface area contributed by atoms with Gasteiger partial charge < -0.3 is 10.6 Å². The third-order valence-corrected chi connectivity index (χ3v) is 5.90. The van der Waals surface area contributed by atoms with E-state index in [-0.39, 0.29) is 4.90 Å². The van der Waals surface area contributed by atoms with Crippen molar-refractivity contribution in [1.29, 1.82) is 0 Å². The maximum atomic E-state index is 12.9. The van der Waals surface area contributed by atoms with Gasteiger partial charge in [-0.25, -0.2) is 13.4 Å². The number of fused-ring (bicyclic) bond motifs is 1. The van der Waals surface area contributed by atoms with Crippen LogP contribution in [0.5, 0.6) is 0 Å². The van der Waals surface area contributed by atoms with Gasteiger partial charge in [0, 0.05) is 41.3 Å². The number of benzene rings is 2. The fourth-order valence-corrected chi connectivity index (χ4v) is 4.38. The highest BCUT2D eigenvalue weighted by atomic mass is 32.2. The zero-order chi connectivity index (χ0) is 21.8. The summed E-state index contributed by atoms with van der Waals surface area (Å²) in [5.41, 5.74) is 2.49. The SMILES string of the molecule is CCNc1nc(C)cc(Nc2ccc(NS(=O)(=O)c3cccc4cccnc34)cc2)n1. The molecular weight excluding hydrogens is 412 g/mol. The van der Waals surface area contributed by atoms with Crippen LogP contribution in [-0.4, -0.2) is 29.9 Å². The van der Waals surface area contributed by atoms with E-state index in [2.05, 4.69) is 30.3 Å². The number of aromatic nitrogens is 3. The van der Waals surface area contributed by atoms with E-state index in [9.17, 15) is 8.42 Å². The first kappa shape index (κ1) is 20.5. The molecule has 2 aromatic heterocycles. The number of hydrogen-bond donors (Lipinski definition) is 3. The minimum absolute atomic E-state index is 0.139. The second-order valence-electron chi connectivity index (χ2n) is 6.89. The summed E-state index contributed by atoms with van der Waals surface area (Å²) in [6, 6.07) is 17.5. The Morgan fingerprint density at radius 1 is 0.935 bits per heavy atom. The van der Waals surface area contributed by atoms with Crippen molar-refractivity contribution in [2.45, 2.75) is 18.7 Å². The summed E-state index contributed by atoms with van der Waals surface area (Å²) in [6.07, 6.45) is 1.58. The van der Waals surface area contributed by atoms with Crippen LogP contribution in [0, 0.1) is 6.92 Å². The number of rotatable bonds is 7. The fraction of sp³-hybridized carbons (Fsp3) is 0.136. The van der Waals surface area contributed by atoms with Crippen LogP contribution in [-0.2, 0) is 10.0 Å². The second kappa shape index (κ2) is 8.57. The van der Waals surface area contributed by atoms with Gasteiger partial charge in [-0.2, -0.15) is 4.98 Å². The topological polar surface area (TPSA) is 109 Å². The van der Waals surface area contributed by atoms with E-state index in [1.165, 1.54) is 0 Å². The van der Waals surface area contributed by atoms with Crippen LogP contribution in [0.15, 0.2) is 71.8 Å². The van der Waals surface area contributed by atoms with Gasteiger partial charge in [0.05, 0.1) is 5.52 Å². The summed E-state index contributed by atoms with van der Waals surface area (Å²) in [6.45, 7) is 4.60. The second-order valence-corrected chi connectivity index (χ2v) is 8.54. The standard InChI is InChI=1S/C22H22N6O2S/c1-3-23-22-25-15(2)14-20(27-22)26-17-9-11-18(12-10-17)28-31(29,30)19-8-4-6-16-7-5-13-24-21(16)19/h4-14,28H,3H2,1-2H3,(H2,23,25,26,27). The molecule has 8 nitrogen and oxygen atoms in total. The highest BCUT2D eigenvalue weighted by Crippen LogP contribution is 2.24. The predicted molar refractivity (Wildman–Crippen MR) is 123 cm³/mol. The van der Waals surface area contributed by atoms with Crippen molar-refractivity contribution in [3.8, 4) is 0 Å². The lowest BCUT2D eigenvalue weighted by Crippen LogP contribution is -2.13. The Balaban J connectivity index is 1.53. The molecule has 31 heavy (non-hydrogen) atoms. The molecule has 4 aromatic rings. The first-order valence-corrected chi connectivity index (χ1v) is 11.3. The maximum absolute atomic E-state index is 12.9. The molecule has 9 heteroatoms. The molecule has 0 radical (unpaired) electrons. The Kier molecular flexibility index (Phi) is 5.68. The van der Waals surface area contributed by atoms with Crippen LogP contribution in [0.4, 0.5) is 23.1 Å². The van der Waals surface area contributed by atoms with Crippen LogP contribution in [0.25, 0.3) is 10.9 Å². The molecule has 4 rings (SSSR count). The molecule has 0 fully saturated rings. The Hall–Kier alpha value is -3.72. The molecule has 2 aromatic carbocycles.